The summed E-state index contributed by atoms with van der Waals surface area (Å²) >= 11 is 0. The maximum atomic E-state index is 11.9. The van der Waals surface area contributed by atoms with E-state index in [1.54, 1.807) is 0 Å². The van der Waals surface area contributed by atoms with E-state index in [0.717, 1.165) is 30.0 Å². The molecule has 1 fully saturated rings. The molecular formula is C14H20N2O. The van der Waals surface area contributed by atoms with Crippen molar-refractivity contribution in [3.8, 4) is 0 Å². The van der Waals surface area contributed by atoms with Crippen molar-refractivity contribution in [1.29, 1.82) is 0 Å². The molecule has 3 heteroatoms. The SMILES string of the molecule is CC1CC1CNC(=O)c1cccc(CCN)c1. The van der Waals surface area contributed by atoms with Crippen molar-refractivity contribution in [3.63, 3.8) is 0 Å². The monoisotopic (exact) mass is 232 g/mol. The Morgan fingerprint density at radius 3 is 2.94 bits per heavy atom. The summed E-state index contributed by atoms with van der Waals surface area (Å²) in [6.45, 7) is 3.64. The molecule has 0 aromatic heterocycles. The average Bonchev–Trinajstić information content (AvgIpc) is 3.03. The zero-order chi connectivity index (χ0) is 12.3. The molecule has 0 heterocycles. The van der Waals surface area contributed by atoms with Gasteiger partial charge in [-0.15, -0.1) is 0 Å². The minimum atomic E-state index is 0.0305. The second-order valence-electron chi connectivity index (χ2n) is 4.92. The first-order valence-electron chi connectivity index (χ1n) is 6.28. The zero-order valence-corrected chi connectivity index (χ0v) is 10.3. The summed E-state index contributed by atoms with van der Waals surface area (Å²) in [6, 6.07) is 7.70. The number of hydrogen-bond donors (Lipinski definition) is 2. The van der Waals surface area contributed by atoms with Gasteiger partial charge >= 0.3 is 0 Å². The van der Waals surface area contributed by atoms with Gasteiger partial charge in [0.2, 0.25) is 0 Å². The largest absolute Gasteiger partial charge is 0.352 e. The molecule has 2 atom stereocenters. The quantitative estimate of drug-likeness (QED) is 0.809. The number of carbonyl (C=O) groups is 1. The van der Waals surface area contributed by atoms with E-state index in [1.807, 2.05) is 24.3 Å². The average molecular weight is 232 g/mol. The van der Waals surface area contributed by atoms with Gasteiger partial charge in [0.15, 0.2) is 0 Å². The molecule has 1 aliphatic carbocycles. The summed E-state index contributed by atoms with van der Waals surface area (Å²) in [5, 5.41) is 2.99. The lowest BCUT2D eigenvalue weighted by atomic mass is 10.1. The van der Waals surface area contributed by atoms with Gasteiger partial charge in [0.25, 0.3) is 5.91 Å². The molecule has 1 amide bonds. The Morgan fingerprint density at radius 1 is 1.53 bits per heavy atom. The minimum Gasteiger partial charge on any atom is -0.352 e. The van der Waals surface area contributed by atoms with Crippen LogP contribution >= 0.6 is 0 Å². The Balaban J connectivity index is 1.91. The molecule has 1 aromatic carbocycles. The Morgan fingerprint density at radius 2 is 2.29 bits per heavy atom. The van der Waals surface area contributed by atoms with Crippen LogP contribution in [-0.4, -0.2) is 19.0 Å². The van der Waals surface area contributed by atoms with Crippen molar-refractivity contribution in [1.82, 2.24) is 5.32 Å². The smallest absolute Gasteiger partial charge is 0.251 e. The number of benzene rings is 1. The molecule has 3 nitrogen and oxygen atoms in total. The second kappa shape index (κ2) is 5.32. The third-order valence-electron chi connectivity index (χ3n) is 3.42. The van der Waals surface area contributed by atoms with Crippen LogP contribution < -0.4 is 11.1 Å². The summed E-state index contributed by atoms with van der Waals surface area (Å²) in [7, 11) is 0. The van der Waals surface area contributed by atoms with Crippen LogP contribution in [0.25, 0.3) is 0 Å². The van der Waals surface area contributed by atoms with E-state index >= 15 is 0 Å². The van der Waals surface area contributed by atoms with Gasteiger partial charge in [-0.3, -0.25) is 4.79 Å². The van der Waals surface area contributed by atoms with Crippen molar-refractivity contribution in [2.24, 2.45) is 17.6 Å². The fraction of sp³-hybridized carbons (Fsp3) is 0.500. The lowest BCUT2D eigenvalue weighted by Gasteiger charge is -2.06. The lowest BCUT2D eigenvalue weighted by Crippen LogP contribution is -2.26. The number of nitrogens with one attached hydrogen (secondary N) is 1. The van der Waals surface area contributed by atoms with Gasteiger partial charge in [-0.05, 0) is 48.9 Å². The number of hydrogen-bond acceptors (Lipinski definition) is 2. The van der Waals surface area contributed by atoms with Gasteiger partial charge in [-0.1, -0.05) is 19.1 Å². The molecule has 0 saturated heterocycles. The molecule has 0 spiro atoms. The number of nitrogens with two attached hydrogens (primary N) is 1. The molecule has 0 bridgehead atoms. The summed E-state index contributed by atoms with van der Waals surface area (Å²) < 4.78 is 0. The zero-order valence-electron chi connectivity index (χ0n) is 10.3. The van der Waals surface area contributed by atoms with E-state index in [-0.39, 0.29) is 5.91 Å². The number of rotatable bonds is 5. The molecule has 2 rings (SSSR count). The molecule has 1 aromatic rings. The Kier molecular flexibility index (Phi) is 3.79. The van der Waals surface area contributed by atoms with Crippen LogP contribution in [0.1, 0.15) is 29.3 Å². The second-order valence-corrected chi connectivity index (χ2v) is 4.92. The molecule has 1 saturated carbocycles. The fourth-order valence-corrected chi connectivity index (χ4v) is 2.04. The van der Waals surface area contributed by atoms with Gasteiger partial charge in [0, 0.05) is 12.1 Å². The van der Waals surface area contributed by atoms with Crippen molar-refractivity contribution in [2.45, 2.75) is 19.8 Å². The van der Waals surface area contributed by atoms with Gasteiger partial charge in [0.1, 0.15) is 0 Å². The van der Waals surface area contributed by atoms with Crippen molar-refractivity contribution >= 4 is 5.91 Å². The predicted molar refractivity (Wildman–Crippen MR) is 68.8 cm³/mol. The molecule has 3 N–H and O–H groups in total. The Labute approximate surface area is 102 Å². The van der Waals surface area contributed by atoms with Crippen LogP contribution in [0.5, 0.6) is 0 Å². The highest BCUT2D eigenvalue weighted by molar-refractivity contribution is 5.94. The van der Waals surface area contributed by atoms with Gasteiger partial charge < -0.3 is 11.1 Å². The van der Waals surface area contributed by atoms with Crippen LogP contribution in [0.4, 0.5) is 0 Å². The van der Waals surface area contributed by atoms with Crippen LogP contribution in [0.15, 0.2) is 24.3 Å². The molecule has 1 aliphatic rings. The third kappa shape index (κ3) is 3.30. The van der Waals surface area contributed by atoms with E-state index in [0.29, 0.717) is 12.5 Å². The molecule has 0 radical (unpaired) electrons. The van der Waals surface area contributed by atoms with E-state index in [4.69, 9.17) is 5.73 Å². The van der Waals surface area contributed by atoms with Crippen molar-refractivity contribution in [3.05, 3.63) is 35.4 Å². The number of amides is 1. The normalized spacial score (nSPS) is 22.2. The van der Waals surface area contributed by atoms with Crippen molar-refractivity contribution < 1.29 is 4.79 Å². The van der Waals surface area contributed by atoms with Gasteiger partial charge in [-0.2, -0.15) is 0 Å². The molecular weight excluding hydrogens is 212 g/mol. The minimum absolute atomic E-state index is 0.0305. The first kappa shape index (κ1) is 12.1. The van der Waals surface area contributed by atoms with Gasteiger partial charge in [-0.25, -0.2) is 0 Å². The highest BCUT2D eigenvalue weighted by Gasteiger charge is 2.32. The Bertz CT molecular complexity index is 403. The highest BCUT2D eigenvalue weighted by atomic mass is 16.1. The third-order valence-corrected chi connectivity index (χ3v) is 3.42. The molecule has 17 heavy (non-hydrogen) atoms. The van der Waals surface area contributed by atoms with E-state index in [9.17, 15) is 4.79 Å². The van der Waals surface area contributed by atoms with E-state index in [1.165, 1.54) is 6.42 Å². The molecule has 2 unspecified atom stereocenters. The summed E-state index contributed by atoms with van der Waals surface area (Å²) in [6.07, 6.45) is 2.06. The van der Waals surface area contributed by atoms with Crippen molar-refractivity contribution in [2.75, 3.05) is 13.1 Å². The summed E-state index contributed by atoms with van der Waals surface area (Å²) in [5.74, 6) is 1.49. The fourth-order valence-electron chi connectivity index (χ4n) is 2.04. The summed E-state index contributed by atoms with van der Waals surface area (Å²) in [4.78, 5) is 11.9. The van der Waals surface area contributed by atoms with Crippen LogP contribution in [0.2, 0.25) is 0 Å². The van der Waals surface area contributed by atoms with E-state index < -0.39 is 0 Å². The number of carbonyl (C=O) groups excluding carboxylic acids is 1. The van der Waals surface area contributed by atoms with E-state index in [2.05, 4.69) is 12.2 Å². The first-order chi connectivity index (χ1) is 8.20. The first-order valence-corrected chi connectivity index (χ1v) is 6.28. The lowest BCUT2D eigenvalue weighted by molar-refractivity contribution is 0.0951. The summed E-state index contributed by atoms with van der Waals surface area (Å²) in [5.41, 5.74) is 7.37. The maximum absolute atomic E-state index is 11.9. The maximum Gasteiger partial charge on any atom is 0.251 e. The topological polar surface area (TPSA) is 55.1 Å². The standard InChI is InChI=1S/C14H20N2O/c1-10-7-13(10)9-16-14(17)12-4-2-3-11(8-12)5-6-15/h2-4,8,10,13H,5-7,9,15H2,1H3,(H,16,17). The highest BCUT2D eigenvalue weighted by Crippen LogP contribution is 2.36. The predicted octanol–water partition coefficient (Wildman–Crippen LogP) is 1.57. The van der Waals surface area contributed by atoms with Crippen LogP contribution in [-0.2, 0) is 6.42 Å². The molecule has 92 valence electrons. The molecule has 0 aliphatic heterocycles. The van der Waals surface area contributed by atoms with Gasteiger partial charge in [0.05, 0.1) is 0 Å². The Hall–Kier alpha value is -1.35. The van der Waals surface area contributed by atoms with Crippen LogP contribution in [0.3, 0.4) is 0 Å². The van der Waals surface area contributed by atoms with Crippen LogP contribution in [0, 0.1) is 11.8 Å².